The molecule has 0 aromatic heterocycles. The predicted octanol–water partition coefficient (Wildman–Crippen LogP) is 3.19. The van der Waals surface area contributed by atoms with Crippen molar-refractivity contribution in [1.29, 1.82) is 0 Å². The third-order valence-corrected chi connectivity index (χ3v) is 2.60. The Morgan fingerprint density at radius 3 is 2.53 bits per heavy atom. The lowest BCUT2D eigenvalue weighted by Crippen LogP contribution is -2.11. The summed E-state index contributed by atoms with van der Waals surface area (Å²) < 4.78 is 0. The van der Waals surface area contributed by atoms with Gasteiger partial charge in [0.2, 0.25) is 0 Å². The minimum Gasteiger partial charge on any atom is -0.396 e. The Morgan fingerprint density at radius 1 is 1.33 bits per heavy atom. The van der Waals surface area contributed by atoms with Crippen LogP contribution in [0.5, 0.6) is 0 Å². The molecule has 0 aliphatic rings. The van der Waals surface area contributed by atoms with E-state index in [-0.39, 0.29) is 25.1 Å². The van der Waals surface area contributed by atoms with Crippen LogP contribution in [0.15, 0.2) is 18.2 Å². The molecule has 5 heteroatoms. The standard InChI is InChI=1S/C10H13Cl2NO.ClH/c11-7-3-4-8(9(12)6-7)10(13)2-1-5-14;/h3-4,6,10,14H,1-2,5,13H2;1H/t10-;/m0./s1. The normalized spacial score (nSPS) is 12.0. The van der Waals surface area contributed by atoms with Gasteiger partial charge >= 0.3 is 0 Å². The van der Waals surface area contributed by atoms with Gasteiger partial charge in [-0.25, -0.2) is 0 Å². The van der Waals surface area contributed by atoms with E-state index < -0.39 is 0 Å². The molecule has 15 heavy (non-hydrogen) atoms. The van der Waals surface area contributed by atoms with Crippen molar-refractivity contribution in [2.75, 3.05) is 6.61 Å². The first kappa shape index (κ1) is 15.0. The number of aliphatic hydroxyl groups is 1. The molecule has 86 valence electrons. The molecular weight excluding hydrogens is 256 g/mol. The topological polar surface area (TPSA) is 46.2 Å². The van der Waals surface area contributed by atoms with Crippen LogP contribution in [0.3, 0.4) is 0 Å². The van der Waals surface area contributed by atoms with Crippen molar-refractivity contribution in [2.45, 2.75) is 18.9 Å². The Kier molecular flexibility index (Phi) is 7.32. The summed E-state index contributed by atoms with van der Waals surface area (Å²) in [5, 5.41) is 9.86. The van der Waals surface area contributed by atoms with Crippen molar-refractivity contribution in [3.8, 4) is 0 Å². The molecule has 1 atom stereocenters. The van der Waals surface area contributed by atoms with Gasteiger partial charge in [-0.1, -0.05) is 29.3 Å². The number of aliphatic hydroxyl groups excluding tert-OH is 1. The maximum atomic E-state index is 8.67. The number of hydrogen-bond donors (Lipinski definition) is 2. The number of hydrogen-bond acceptors (Lipinski definition) is 2. The van der Waals surface area contributed by atoms with Crippen molar-refractivity contribution >= 4 is 35.6 Å². The van der Waals surface area contributed by atoms with E-state index >= 15 is 0 Å². The third kappa shape index (κ3) is 4.58. The van der Waals surface area contributed by atoms with Gasteiger partial charge in [0, 0.05) is 22.7 Å². The maximum Gasteiger partial charge on any atom is 0.0468 e. The van der Waals surface area contributed by atoms with Gasteiger partial charge in [0.15, 0.2) is 0 Å². The fourth-order valence-corrected chi connectivity index (χ4v) is 1.82. The molecule has 0 unspecified atom stereocenters. The van der Waals surface area contributed by atoms with Gasteiger partial charge in [0.25, 0.3) is 0 Å². The summed E-state index contributed by atoms with van der Waals surface area (Å²) in [5.74, 6) is 0. The summed E-state index contributed by atoms with van der Waals surface area (Å²) in [7, 11) is 0. The molecule has 0 fully saturated rings. The second-order valence-corrected chi connectivity index (χ2v) is 3.98. The average molecular weight is 271 g/mol. The average Bonchev–Trinajstić information content (AvgIpc) is 2.14. The lowest BCUT2D eigenvalue weighted by atomic mass is 10.0. The van der Waals surface area contributed by atoms with Crippen LogP contribution in [0, 0.1) is 0 Å². The molecule has 0 saturated carbocycles. The highest BCUT2D eigenvalue weighted by Crippen LogP contribution is 2.27. The summed E-state index contributed by atoms with van der Waals surface area (Å²) in [4.78, 5) is 0. The molecule has 1 aromatic carbocycles. The Bertz CT molecular complexity index is 307. The van der Waals surface area contributed by atoms with E-state index in [1.807, 2.05) is 6.07 Å². The fourth-order valence-electron chi connectivity index (χ4n) is 1.27. The summed E-state index contributed by atoms with van der Waals surface area (Å²) in [6.07, 6.45) is 1.40. The van der Waals surface area contributed by atoms with Crippen LogP contribution in [0.2, 0.25) is 10.0 Å². The summed E-state index contributed by atoms with van der Waals surface area (Å²) in [5.41, 5.74) is 6.77. The van der Waals surface area contributed by atoms with E-state index in [1.54, 1.807) is 12.1 Å². The van der Waals surface area contributed by atoms with Crippen LogP contribution in [0.25, 0.3) is 0 Å². The molecule has 2 nitrogen and oxygen atoms in total. The minimum absolute atomic E-state index is 0. The molecule has 0 spiro atoms. The van der Waals surface area contributed by atoms with Crippen LogP contribution in [-0.4, -0.2) is 11.7 Å². The zero-order chi connectivity index (χ0) is 10.6. The molecular formula is C10H14Cl3NO. The molecule has 0 radical (unpaired) electrons. The largest absolute Gasteiger partial charge is 0.396 e. The lowest BCUT2D eigenvalue weighted by molar-refractivity contribution is 0.280. The van der Waals surface area contributed by atoms with Crippen LogP contribution in [-0.2, 0) is 0 Å². The molecule has 0 amide bonds. The van der Waals surface area contributed by atoms with Crippen molar-refractivity contribution < 1.29 is 5.11 Å². The van der Waals surface area contributed by atoms with Crippen molar-refractivity contribution in [2.24, 2.45) is 5.73 Å². The highest BCUT2D eigenvalue weighted by molar-refractivity contribution is 6.35. The quantitative estimate of drug-likeness (QED) is 0.883. The van der Waals surface area contributed by atoms with Crippen molar-refractivity contribution in [3.63, 3.8) is 0 Å². The van der Waals surface area contributed by atoms with Crippen LogP contribution >= 0.6 is 35.6 Å². The van der Waals surface area contributed by atoms with Crippen LogP contribution in [0.4, 0.5) is 0 Å². The number of benzene rings is 1. The van der Waals surface area contributed by atoms with Gasteiger partial charge in [-0.2, -0.15) is 0 Å². The van der Waals surface area contributed by atoms with Crippen LogP contribution in [0.1, 0.15) is 24.4 Å². The lowest BCUT2D eigenvalue weighted by Gasteiger charge is -2.12. The molecule has 0 bridgehead atoms. The second-order valence-electron chi connectivity index (χ2n) is 3.14. The fraction of sp³-hybridized carbons (Fsp3) is 0.400. The minimum atomic E-state index is -0.132. The molecule has 3 N–H and O–H groups in total. The third-order valence-electron chi connectivity index (χ3n) is 2.04. The molecule has 0 aliphatic carbocycles. The van der Waals surface area contributed by atoms with Gasteiger partial charge in [-0.05, 0) is 30.5 Å². The van der Waals surface area contributed by atoms with E-state index in [1.165, 1.54) is 0 Å². The van der Waals surface area contributed by atoms with E-state index in [2.05, 4.69) is 0 Å². The number of rotatable bonds is 4. The van der Waals surface area contributed by atoms with Crippen LogP contribution < -0.4 is 5.73 Å². The second kappa shape index (κ2) is 7.31. The summed E-state index contributed by atoms with van der Waals surface area (Å²) >= 11 is 11.7. The van der Waals surface area contributed by atoms with Crippen molar-refractivity contribution in [3.05, 3.63) is 33.8 Å². The van der Waals surface area contributed by atoms with Crippen molar-refractivity contribution in [1.82, 2.24) is 0 Å². The van der Waals surface area contributed by atoms with Gasteiger partial charge in [0.05, 0.1) is 0 Å². The SMILES string of the molecule is Cl.N[C@@H](CCCO)c1ccc(Cl)cc1Cl. The van der Waals surface area contributed by atoms with Gasteiger partial charge in [0.1, 0.15) is 0 Å². The highest BCUT2D eigenvalue weighted by atomic mass is 35.5. The predicted molar refractivity (Wildman–Crippen MR) is 67.0 cm³/mol. The first-order valence-corrected chi connectivity index (χ1v) is 5.22. The van der Waals surface area contributed by atoms with E-state index in [0.717, 1.165) is 12.0 Å². The Hall–Kier alpha value is 0.01000. The van der Waals surface area contributed by atoms with E-state index in [9.17, 15) is 0 Å². The van der Waals surface area contributed by atoms with Gasteiger partial charge < -0.3 is 10.8 Å². The van der Waals surface area contributed by atoms with Gasteiger partial charge in [-0.3, -0.25) is 0 Å². The zero-order valence-electron chi connectivity index (χ0n) is 8.12. The Balaban J connectivity index is 0.00000196. The smallest absolute Gasteiger partial charge is 0.0468 e. The zero-order valence-corrected chi connectivity index (χ0v) is 10.4. The first-order valence-electron chi connectivity index (χ1n) is 4.46. The molecule has 0 aliphatic heterocycles. The number of halogens is 3. The van der Waals surface area contributed by atoms with E-state index in [4.69, 9.17) is 34.0 Å². The highest BCUT2D eigenvalue weighted by Gasteiger charge is 2.09. The Labute approximate surface area is 106 Å². The Morgan fingerprint density at radius 2 is 2.00 bits per heavy atom. The summed E-state index contributed by atoms with van der Waals surface area (Å²) in [6, 6.07) is 5.14. The van der Waals surface area contributed by atoms with Gasteiger partial charge in [-0.15, -0.1) is 12.4 Å². The number of nitrogens with two attached hydrogens (primary N) is 1. The molecule has 0 saturated heterocycles. The summed E-state index contributed by atoms with van der Waals surface area (Å²) in [6.45, 7) is 0.152. The molecule has 1 rings (SSSR count). The van der Waals surface area contributed by atoms with E-state index in [0.29, 0.717) is 16.5 Å². The molecule has 0 heterocycles. The first-order chi connectivity index (χ1) is 6.65. The monoisotopic (exact) mass is 269 g/mol. The molecule has 1 aromatic rings. The maximum absolute atomic E-state index is 8.67.